The van der Waals surface area contributed by atoms with Gasteiger partial charge < -0.3 is 10.4 Å². The molecular formula is C7H12N4O6. The number of hydrogen-bond donors (Lipinski definition) is 2. The molecule has 0 fully saturated rings. The van der Waals surface area contributed by atoms with Crippen molar-refractivity contribution in [3.63, 3.8) is 0 Å². The molecule has 0 amide bonds. The second-order valence-electron chi connectivity index (χ2n) is 3.52. The van der Waals surface area contributed by atoms with Crippen LogP contribution < -0.4 is 0 Å². The van der Waals surface area contributed by atoms with Crippen molar-refractivity contribution in [1.82, 2.24) is 0 Å². The summed E-state index contributed by atoms with van der Waals surface area (Å²) in [7, 11) is 0. The van der Waals surface area contributed by atoms with E-state index >= 15 is 0 Å². The van der Waals surface area contributed by atoms with Gasteiger partial charge in [-0.3, -0.25) is 20.2 Å². The number of oxime groups is 2. The third-order valence-electron chi connectivity index (χ3n) is 2.10. The van der Waals surface area contributed by atoms with E-state index in [2.05, 4.69) is 10.3 Å². The third kappa shape index (κ3) is 3.36. The average molecular weight is 248 g/mol. The van der Waals surface area contributed by atoms with Crippen molar-refractivity contribution < 1.29 is 20.3 Å². The summed E-state index contributed by atoms with van der Waals surface area (Å²) in [5, 5.41) is 43.9. The zero-order valence-corrected chi connectivity index (χ0v) is 9.23. The molecule has 0 saturated carbocycles. The minimum atomic E-state index is -2.59. The molecule has 0 aromatic heterocycles. The van der Waals surface area contributed by atoms with Crippen LogP contribution in [0.3, 0.4) is 0 Å². The van der Waals surface area contributed by atoms with Crippen molar-refractivity contribution >= 4 is 11.4 Å². The summed E-state index contributed by atoms with van der Waals surface area (Å²) >= 11 is 0. The molecule has 10 heteroatoms. The molecule has 0 atom stereocenters. The van der Waals surface area contributed by atoms with Crippen LogP contribution in [0.25, 0.3) is 0 Å². The molecule has 0 spiro atoms. The van der Waals surface area contributed by atoms with Crippen LogP contribution in [0.15, 0.2) is 10.3 Å². The molecular weight excluding hydrogens is 236 g/mol. The van der Waals surface area contributed by atoms with Gasteiger partial charge >= 0.3 is 5.66 Å². The van der Waals surface area contributed by atoms with Gasteiger partial charge in [0.25, 0.3) is 0 Å². The molecule has 0 aromatic carbocycles. The van der Waals surface area contributed by atoms with Crippen molar-refractivity contribution in [1.29, 1.82) is 0 Å². The number of rotatable bonds is 6. The molecule has 0 aliphatic heterocycles. The van der Waals surface area contributed by atoms with E-state index in [-0.39, 0.29) is 11.4 Å². The zero-order chi connectivity index (χ0) is 13.6. The molecule has 0 bridgehead atoms. The second-order valence-corrected chi connectivity index (χ2v) is 3.52. The van der Waals surface area contributed by atoms with Crippen LogP contribution in [0.1, 0.15) is 26.7 Å². The minimum absolute atomic E-state index is 0.163. The highest BCUT2D eigenvalue weighted by molar-refractivity contribution is 5.85. The molecule has 0 unspecified atom stereocenters. The Bertz CT molecular complexity index is 341. The fourth-order valence-corrected chi connectivity index (χ4v) is 1.28. The maximum Gasteiger partial charge on any atom is 0.468 e. The Labute approximate surface area is 95.5 Å². The quantitative estimate of drug-likeness (QED) is 0.232. The molecule has 0 rings (SSSR count). The van der Waals surface area contributed by atoms with Gasteiger partial charge in [-0.05, 0) is 13.8 Å². The topological polar surface area (TPSA) is 151 Å². The van der Waals surface area contributed by atoms with Crippen LogP contribution in [0.5, 0.6) is 0 Å². The van der Waals surface area contributed by atoms with E-state index in [1.54, 1.807) is 0 Å². The lowest BCUT2D eigenvalue weighted by atomic mass is 9.98. The van der Waals surface area contributed by atoms with E-state index in [1.807, 2.05) is 0 Å². The second kappa shape index (κ2) is 5.72. The summed E-state index contributed by atoms with van der Waals surface area (Å²) < 4.78 is 0. The Hall–Kier alpha value is -2.26. The predicted molar refractivity (Wildman–Crippen MR) is 55.7 cm³/mol. The maximum absolute atomic E-state index is 10.9. The SMILES string of the molecule is CC(CC(CC(C)=NO)([N+](=O)[O-])[N+](=O)[O-])=NO. The van der Waals surface area contributed by atoms with E-state index < -0.39 is 28.4 Å². The molecule has 0 radical (unpaired) electrons. The summed E-state index contributed by atoms with van der Waals surface area (Å²) in [5.74, 6) is 0. The van der Waals surface area contributed by atoms with Gasteiger partial charge in [0.15, 0.2) is 0 Å². The summed E-state index contributed by atoms with van der Waals surface area (Å²) in [5.41, 5.74) is -2.92. The predicted octanol–water partition coefficient (Wildman–Crippen LogP) is 0.716. The van der Waals surface area contributed by atoms with Gasteiger partial charge in [0.1, 0.15) is 12.8 Å². The third-order valence-corrected chi connectivity index (χ3v) is 2.10. The highest BCUT2D eigenvalue weighted by Gasteiger charge is 2.57. The van der Waals surface area contributed by atoms with Gasteiger partial charge in [-0.15, -0.1) is 0 Å². The van der Waals surface area contributed by atoms with Crippen molar-refractivity contribution in [2.24, 2.45) is 10.3 Å². The largest absolute Gasteiger partial charge is 0.468 e. The van der Waals surface area contributed by atoms with Crippen molar-refractivity contribution in [3.8, 4) is 0 Å². The molecule has 0 saturated heterocycles. The minimum Gasteiger partial charge on any atom is -0.411 e. The summed E-state index contributed by atoms with van der Waals surface area (Å²) in [6, 6.07) is 0. The van der Waals surface area contributed by atoms with Crippen LogP contribution in [-0.2, 0) is 0 Å². The average Bonchev–Trinajstić information content (AvgIpc) is 2.26. The number of nitro groups is 2. The van der Waals surface area contributed by atoms with E-state index in [0.29, 0.717) is 0 Å². The molecule has 0 aromatic rings. The van der Waals surface area contributed by atoms with Crippen molar-refractivity contribution in [2.45, 2.75) is 32.4 Å². The van der Waals surface area contributed by atoms with Gasteiger partial charge in [-0.25, -0.2) is 0 Å². The Morgan fingerprint density at radius 2 is 1.35 bits per heavy atom. The van der Waals surface area contributed by atoms with Gasteiger partial charge in [-0.1, -0.05) is 10.3 Å². The monoisotopic (exact) mass is 248 g/mol. The van der Waals surface area contributed by atoms with Crippen LogP contribution in [0, 0.1) is 20.2 Å². The lowest BCUT2D eigenvalue weighted by molar-refractivity contribution is -0.793. The summed E-state index contributed by atoms with van der Waals surface area (Å²) in [4.78, 5) is 19.5. The lowest BCUT2D eigenvalue weighted by Crippen LogP contribution is -2.49. The van der Waals surface area contributed by atoms with E-state index in [9.17, 15) is 20.2 Å². The Balaban J connectivity index is 5.44. The van der Waals surface area contributed by atoms with Gasteiger partial charge in [0.2, 0.25) is 0 Å². The molecule has 96 valence electrons. The lowest BCUT2D eigenvalue weighted by Gasteiger charge is -2.16. The van der Waals surface area contributed by atoms with E-state index in [1.165, 1.54) is 13.8 Å². The Kier molecular flexibility index (Phi) is 4.96. The smallest absolute Gasteiger partial charge is 0.411 e. The summed E-state index contributed by atoms with van der Waals surface area (Å²) in [6.45, 7) is 2.43. The maximum atomic E-state index is 10.9. The molecule has 17 heavy (non-hydrogen) atoms. The van der Waals surface area contributed by atoms with Gasteiger partial charge in [0, 0.05) is 0 Å². The first-order chi connectivity index (χ1) is 7.80. The highest BCUT2D eigenvalue weighted by atomic mass is 16.7. The fourth-order valence-electron chi connectivity index (χ4n) is 1.28. The molecule has 2 N–H and O–H groups in total. The first-order valence-corrected chi connectivity index (χ1v) is 4.44. The molecule has 0 aliphatic rings. The zero-order valence-electron chi connectivity index (χ0n) is 9.23. The molecule has 10 nitrogen and oxygen atoms in total. The first-order valence-electron chi connectivity index (χ1n) is 4.44. The van der Waals surface area contributed by atoms with Gasteiger partial charge in [0.05, 0.1) is 21.3 Å². The number of nitrogens with zero attached hydrogens (tertiary/aromatic N) is 4. The fraction of sp³-hybridized carbons (Fsp3) is 0.714. The standard InChI is InChI=1S/C7H12N4O6/c1-5(8-12)3-7(10(14)15,11(16)17)4-6(2)9-13/h12-13H,3-4H2,1-2H3. The van der Waals surface area contributed by atoms with E-state index in [4.69, 9.17) is 10.4 Å². The first kappa shape index (κ1) is 14.7. The Morgan fingerprint density at radius 1 is 1.06 bits per heavy atom. The van der Waals surface area contributed by atoms with Crippen LogP contribution >= 0.6 is 0 Å². The van der Waals surface area contributed by atoms with E-state index in [0.717, 1.165) is 0 Å². The van der Waals surface area contributed by atoms with Crippen LogP contribution in [0.4, 0.5) is 0 Å². The molecule has 0 heterocycles. The van der Waals surface area contributed by atoms with Crippen LogP contribution in [-0.4, -0.2) is 37.3 Å². The highest BCUT2D eigenvalue weighted by Crippen LogP contribution is 2.22. The van der Waals surface area contributed by atoms with Gasteiger partial charge in [-0.2, -0.15) is 0 Å². The van der Waals surface area contributed by atoms with Crippen molar-refractivity contribution in [2.75, 3.05) is 0 Å². The number of hydrogen-bond acceptors (Lipinski definition) is 8. The normalized spacial score (nSPS) is 13.5. The summed E-state index contributed by atoms with van der Waals surface area (Å²) in [6.07, 6.45) is -1.37. The Morgan fingerprint density at radius 3 is 1.53 bits per heavy atom. The molecule has 0 aliphatic carbocycles. The van der Waals surface area contributed by atoms with Crippen molar-refractivity contribution in [3.05, 3.63) is 20.2 Å². The van der Waals surface area contributed by atoms with Crippen LogP contribution in [0.2, 0.25) is 0 Å².